The zero-order valence-electron chi connectivity index (χ0n) is 13.4. The molecule has 1 aromatic carbocycles. The molecule has 1 aromatic heterocycles. The fourth-order valence-electron chi connectivity index (χ4n) is 1.92. The summed E-state index contributed by atoms with van der Waals surface area (Å²) >= 11 is 0. The molecule has 0 radical (unpaired) electrons. The van der Waals surface area contributed by atoms with Crippen LogP contribution in [0.15, 0.2) is 24.3 Å². The highest BCUT2D eigenvalue weighted by atomic mass is 15.3. The Morgan fingerprint density at radius 2 is 1.90 bits per heavy atom. The van der Waals surface area contributed by atoms with Gasteiger partial charge in [0.25, 0.3) is 0 Å². The molecule has 5 heteroatoms. The van der Waals surface area contributed by atoms with Gasteiger partial charge in [0.1, 0.15) is 5.82 Å². The topological polar surface area (TPSA) is 53.9 Å². The van der Waals surface area contributed by atoms with Gasteiger partial charge in [-0.1, -0.05) is 43.7 Å². The van der Waals surface area contributed by atoms with E-state index in [9.17, 15) is 0 Å². The molecule has 0 aliphatic carbocycles. The van der Waals surface area contributed by atoms with Crippen molar-refractivity contribution < 1.29 is 0 Å². The highest BCUT2D eigenvalue weighted by Gasteiger charge is 2.10. The van der Waals surface area contributed by atoms with Crippen LogP contribution in [0.2, 0.25) is 0 Å². The number of aromatic nitrogens is 3. The van der Waals surface area contributed by atoms with E-state index in [2.05, 4.69) is 65.3 Å². The fourth-order valence-corrected chi connectivity index (χ4v) is 1.92. The van der Waals surface area contributed by atoms with Crippen molar-refractivity contribution >= 4 is 11.9 Å². The number of anilines is 2. The third kappa shape index (κ3) is 4.15. The number of aryl methyl sites for hydroxylation is 1. The summed E-state index contributed by atoms with van der Waals surface area (Å²) in [5.41, 5.74) is 2.47. The summed E-state index contributed by atoms with van der Waals surface area (Å²) in [7, 11) is 3.87. The Labute approximate surface area is 126 Å². The monoisotopic (exact) mass is 285 g/mol. The van der Waals surface area contributed by atoms with Gasteiger partial charge in [0, 0.05) is 26.6 Å². The van der Waals surface area contributed by atoms with E-state index < -0.39 is 0 Å². The van der Waals surface area contributed by atoms with Crippen molar-refractivity contribution in [1.29, 1.82) is 0 Å². The molecule has 1 N–H and O–H groups in total. The molecule has 0 aliphatic heterocycles. The Kier molecular flexibility index (Phi) is 4.73. The third-order valence-corrected chi connectivity index (χ3v) is 3.09. The molecule has 0 fully saturated rings. The first-order chi connectivity index (χ1) is 9.95. The molecule has 0 aliphatic rings. The van der Waals surface area contributed by atoms with Crippen LogP contribution in [-0.4, -0.2) is 29.0 Å². The van der Waals surface area contributed by atoms with Gasteiger partial charge in [0.2, 0.25) is 11.9 Å². The van der Waals surface area contributed by atoms with Crippen LogP contribution in [0.25, 0.3) is 0 Å². The summed E-state index contributed by atoms with van der Waals surface area (Å²) < 4.78 is 0. The third-order valence-electron chi connectivity index (χ3n) is 3.09. The molecule has 0 atom stereocenters. The van der Waals surface area contributed by atoms with E-state index in [1.807, 2.05) is 19.0 Å². The highest BCUT2D eigenvalue weighted by molar-refractivity contribution is 5.37. The number of nitrogens with one attached hydrogen (secondary N) is 1. The van der Waals surface area contributed by atoms with Gasteiger partial charge < -0.3 is 10.2 Å². The molecule has 0 unspecified atom stereocenters. The van der Waals surface area contributed by atoms with Gasteiger partial charge in [-0.15, -0.1) is 0 Å². The van der Waals surface area contributed by atoms with Crippen molar-refractivity contribution in [2.45, 2.75) is 33.2 Å². The van der Waals surface area contributed by atoms with Gasteiger partial charge in [0.05, 0.1) is 0 Å². The summed E-state index contributed by atoms with van der Waals surface area (Å²) in [6.45, 7) is 6.96. The Morgan fingerprint density at radius 1 is 1.14 bits per heavy atom. The van der Waals surface area contributed by atoms with Crippen molar-refractivity contribution in [3.05, 3.63) is 41.2 Å². The molecule has 21 heavy (non-hydrogen) atoms. The molecule has 112 valence electrons. The fraction of sp³-hybridized carbons (Fsp3) is 0.438. The van der Waals surface area contributed by atoms with Crippen molar-refractivity contribution in [2.75, 3.05) is 24.3 Å². The number of benzene rings is 1. The minimum atomic E-state index is 0.270. The summed E-state index contributed by atoms with van der Waals surface area (Å²) in [6.07, 6.45) is 0. The van der Waals surface area contributed by atoms with Crippen LogP contribution < -0.4 is 10.2 Å². The van der Waals surface area contributed by atoms with Crippen molar-refractivity contribution in [3.8, 4) is 0 Å². The molecule has 0 saturated heterocycles. The van der Waals surface area contributed by atoms with Gasteiger partial charge in [-0.25, -0.2) is 0 Å². The van der Waals surface area contributed by atoms with Crippen molar-refractivity contribution in [2.24, 2.45) is 0 Å². The predicted octanol–water partition coefficient (Wildman–Crippen LogP) is 2.98. The Bertz CT molecular complexity index is 581. The zero-order chi connectivity index (χ0) is 15.4. The van der Waals surface area contributed by atoms with Crippen LogP contribution in [0.1, 0.15) is 36.7 Å². The molecule has 2 rings (SSSR count). The summed E-state index contributed by atoms with van der Waals surface area (Å²) in [5.74, 6) is 2.38. The first kappa shape index (κ1) is 15.2. The number of hydrogen-bond donors (Lipinski definition) is 1. The van der Waals surface area contributed by atoms with Crippen LogP contribution in [0.4, 0.5) is 11.9 Å². The van der Waals surface area contributed by atoms with Crippen LogP contribution in [0.3, 0.4) is 0 Å². The quantitative estimate of drug-likeness (QED) is 0.915. The maximum Gasteiger partial charge on any atom is 0.229 e. The number of hydrogen-bond acceptors (Lipinski definition) is 5. The maximum absolute atomic E-state index is 4.49. The predicted molar refractivity (Wildman–Crippen MR) is 86.7 cm³/mol. The minimum absolute atomic E-state index is 0.270. The average Bonchev–Trinajstić information content (AvgIpc) is 2.45. The van der Waals surface area contributed by atoms with E-state index in [1.165, 1.54) is 11.1 Å². The van der Waals surface area contributed by atoms with E-state index in [-0.39, 0.29) is 5.92 Å². The Morgan fingerprint density at radius 3 is 2.52 bits per heavy atom. The van der Waals surface area contributed by atoms with Crippen LogP contribution in [0.5, 0.6) is 0 Å². The van der Waals surface area contributed by atoms with E-state index in [0.29, 0.717) is 18.4 Å². The van der Waals surface area contributed by atoms with Crippen LogP contribution >= 0.6 is 0 Å². The van der Waals surface area contributed by atoms with Crippen LogP contribution in [0, 0.1) is 6.92 Å². The summed E-state index contributed by atoms with van der Waals surface area (Å²) in [5, 5.41) is 3.29. The van der Waals surface area contributed by atoms with E-state index in [4.69, 9.17) is 0 Å². The summed E-state index contributed by atoms with van der Waals surface area (Å²) in [6, 6.07) is 8.40. The lowest BCUT2D eigenvalue weighted by atomic mass is 10.1. The lowest BCUT2D eigenvalue weighted by Gasteiger charge is -2.14. The molecule has 1 heterocycles. The van der Waals surface area contributed by atoms with E-state index >= 15 is 0 Å². The number of nitrogens with zero attached hydrogens (tertiary/aromatic N) is 4. The van der Waals surface area contributed by atoms with Gasteiger partial charge in [0.15, 0.2) is 0 Å². The Hall–Kier alpha value is -2.17. The molecule has 0 saturated carbocycles. The smallest absolute Gasteiger partial charge is 0.229 e. The van der Waals surface area contributed by atoms with E-state index in [1.54, 1.807) is 0 Å². The van der Waals surface area contributed by atoms with E-state index in [0.717, 1.165) is 5.82 Å². The van der Waals surface area contributed by atoms with Gasteiger partial charge in [-0.05, 0) is 12.5 Å². The van der Waals surface area contributed by atoms with Crippen molar-refractivity contribution in [1.82, 2.24) is 15.0 Å². The molecule has 5 nitrogen and oxygen atoms in total. The number of rotatable bonds is 5. The molecule has 0 bridgehead atoms. The standard InChI is InChI=1S/C16H23N5/c1-11(2)14-18-15(20-16(19-14)21(4)5)17-10-13-8-6-7-12(3)9-13/h6-9,11H,10H2,1-5H3,(H,17,18,19,20). The zero-order valence-corrected chi connectivity index (χ0v) is 13.4. The first-order valence-electron chi connectivity index (χ1n) is 7.18. The summed E-state index contributed by atoms with van der Waals surface area (Å²) in [4.78, 5) is 15.3. The molecular weight excluding hydrogens is 262 g/mol. The second kappa shape index (κ2) is 6.52. The normalized spacial score (nSPS) is 10.8. The SMILES string of the molecule is Cc1cccc(CNc2nc(C(C)C)nc(N(C)C)n2)c1. The lowest BCUT2D eigenvalue weighted by molar-refractivity contribution is 0.754. The van der Waals surface area contributed by atoms with Gasteiger partial charge in [-0.3, -0.25) is 0 Å². The molecule has 0 amide bonds. The molecule has 2 aromatic rings. The second-order valence-electron chi connectivity index (χ2n) is 5.71. The lowest BCUT2D eigenvalue weighted by Crippen LogP contribution is -2.17. The highest BCUT2D eigenvalue weighted by Crippen LogP contribution is 2.15. The average molecular weight is 285 g/mol. The van der Waals surface area contributed by atoms with Gasteiger partial charge in [-0.2, -0.15) is 15.0 Å². The van der Waals surface area contributed by atoms with Crippen molar-refractivity contribution in [3.63, 3.8) is 0 Å². The largest absolute Gasteiger partial charge is 0.350 e. The second-order valence-corrected chi connectivity index (χ2v) is 5.71. The molecule has 0 spiro atoms. The van der Waals surface area contributed by atoms with Crippen LogP contribution in [-0.2, 0) is 6.54 Å². The minimum Gasteiger partial charge on any atom is -0.350 e. The maximum atomic E-state index is 4.49. The first-order valence-corrected chi connectivity index (χ1v) is 7.18. The Balaban J connectivity index is 2.19. The molecular formula is C16H23N5. The van der Waals surface area contributed by atoms with Gasteiger partial charge >= 0.3 is 0 Å².